The Balaban J connectivity index is 2.00. The van der Waals surface area contributed by atoms with Gasteiger partial charge in [0.2, 0.25) is 0 Å². The molecule has 0 saturated heterocycles. The van der Waals surface area contributed by atoms with E-state index in [4.69, 9.17) is 4.74 Å². The summed E-state index contributed by atoms with van der Waals surface area (Å²) in [5.74, 6) is 0.915. The lowest BCUT2D eigenvalue weighted by molar-refractivity contribution is 0.306. The highest BCUT2D eigenvalue weighted by atomic mass is 16.5. The molecule has 2 nitrogen and oxygen atoms in total. The Kier molecular flexibility index (Phi) is 4.24. The first-order chi connectivity index (χ1) is 8.79. The van der Waals surface area contributed by atoms with E-state index in [9.17, 15) is 0 Å². The number of nitrogens with one attached hydrogen (secondary N) is 1. The number of rotatable bonds is 5. The van der Waals surface area contributed by atoms with Gasteiger partial charge in [-0.05, 0) is 43.2 Å². The average molecular weight is 241 g/mol. The number of benzene rings is 2. The van der Waals surface area contributed by atoms with Crippen LogP contribution in [-0.4, -0.2) is 6.54 Å². The van der Waals surface area contributed by atoms with Gasteiger partial charge in [-0.15, -0.1) is 0 Å². The summed E-state index contributed by atoms with van der Waals surface area (Å²) in [6, 6.07) is 16.4. The van der Waals surface area contributed by atoms with Crippen LogP contribution in [0.2, 0.25) is 0 Å². The predicted octanol–water partition coefficient (Wildman–Crippen LogP) is 4.01. The molecule has 18 heavy (non-hydrogen) atoms. The average Bonchev–Trinajstić information content (AvgIpc) is 2.41. The molecule has 2 rings (SSSR count). The summed E-state index contributed by atoms with van der Waals surface area (Å²) in [5.41, 5.74) is 3.57. The fourth-order valence-electron chi connectivity index (χ4n) is 1.86. The third-order valence-corrected chi connectivity index (χ3v) is 2.81. The number of anilines is 1. The van der Waals surface area contributed by atoms with Gasteiger partial charge in [0.25, 0.3) is 0 Å². The first kappa shape index (κ1) is 12.5. The fourth-order valence-corrected chi connectivity index (χ4v) is 1.86. The van der Waals surface area contributed by atoms with Crippen LogP contribution in [0.5, 0.6) is 5.75 Å². The van der Waals surface area contributed by atoms with Crippen molar-refractivity contribution in [2.24, 2.45) is 0 Å². The maximum Gasteiger partial charge on any atom is 0.120 e. The van der Waals surface area contributed by atoms with Crippen LogP contribution in [0.1, 0.15) is 18.1 Å². The zero-order valence-corrected chi connectivity index (χ0v) is 10.9. The van der Waals surface area contributed by atoms with Crippen LogP contribution in [0, 0.1) is 6.92 Å². The van der Waals surface area contributed by atoms with Crippen LogP contribution in [-0.2, 0) is 6.61 Å². The molecule has 0 aromatic heterocycles. The van der Waals surface area contributed by atoms with Crippen molar-refractivity contribution in [2.45, 2.75) is 20.5 Å². The second-order valence-electron chi connectivity index (χ2n) is 4.28. The van der Waals surface area contributed by atoms with Crippen molar-refractivity contribution in [3.63, 3.8) is 0 Å². The van der Waals surface area contributed by atoms with Gasteiger partial charge in [0, 0.05) is 12.2 Å². The second-order valence-corrected chi connectivity index (χ2v) is 4.28. The minimum atomic E-state index is 0.612. The SMILES string of the molecule is CCNc1ccc(OCc2ccccc2)cc1C. The van der Waals surface area contributed by atoms with Gasteiger partial charge < -0.3 is 10.1 Å². The Hall–Kier alpha value is -1.96. The Morgan fingerprint density at radius 3 is 2.50 bits per heavy atom. The van der Waals surface area contributed by atoms with E-state index in [2.05, 4.69) is 43.4 Å². The van der Waals surface area contributed by atoms with Crippen molar-refractivity contribution in [1.29, 1.82) is 0 Å². The van der Waals surface area contributed by atoms with Gasteiger partial charge in [0.05, 0.1) is 0 Å². The van der Waals surface area contributed by atoms with Crippen molar-refractivity contribution in [1.82, 2.24) is 0 Å². The smallest absolute Gasteiger partial charge is 0.120 e. The summed E-state index contributed by atoms with van der Waals surface area (Å²) in [6.07, 6.45) is 0. The predicted molar refractivity (Wildman–Crippen MR) is 76.1 cm³/mol. The molecule has 0 amide bonds. The second kappa shape index (κ2) is 6.10. The van der Waals surface area contributed by atoms with Crippen molar-refractivity contribution in [3.05, 3.63) is 59.7 Å². The first-order valence-electron chi connectivity index (χ1n) is 6.31. The number of hydrogen-bond donors (Lipinski definition) is 1. The maximum absolute atomic E-state index is 5.78. The molecule has 2 aromatic rings. The summed E-state index contributed by atoms with van der Waals surface area (Å²) in [6.45, 7) is 5.73. The van der Waals surface area contributed by atoms with Crippen LogP contribution < -0.4 is 10.1 Å². The van der Waals surface area contributed by atoms with Crippen molar-refractivity contribution >= 4 is 5.69 Å². The molecule has 0 saturated carbocycles. The van der Waals surface area contributed by atoms with E-state index in [0.717, 1.165) is 12.3 Å². The quantitative estimate of drug-likeness (QED) is 0.854. The van der Waals surface area contributed by atoms with E-state index in [1.807, 2.05) is 24.3 Å². The van der Waals surface area contributed by atoms with E-state index in [1.165, 1.54) is 16.8 Å². The Morgan fingerprint density at radius 1 is 1.06 bits per heavy atom. The van der Waals surface area contributed by atoms with Gasteiger partial charge in [0.15, 0.2) is 0 Å². The largest absolute Gasteiger partial charge is 0.489 e. The van der Waals surface area contributed by atoms with Crippen LogP contribution in [0.15, 0.2) is 48.5 Å². The van der Waals surface area contributed by atoms with Gasteiger partial charge in [-0.25, -0.2) is 0 Å². The highest BCUT2D eigenvalue weighted by molar-refractivity contribution is 5.53. The lowest BCUT2D eigenvalue weighted by Crippen LogP contribution is -2.00. The molecular formula is C16H19NO. The summed E-state index contributed by atoms with van der Waals surface area (Å²) < 4.78 is 5.78. The molecule has 0 radical (unpaired) electrons. The van der Waals surface area contributed by atoms with E-state index in [-0.39, 0.29) is 0 Å². The van der Waals surface area contributed by atoms with Crippen LogP contribution in [0.3, 0.4) is 0 Å². The lowest BCUT2D eigenvalue weighted by atomic mass is 10.2. The third-order valence-electron chi connectivity index (χ3n) is 2.81. The summed E-state index contributed by atoms with van der Waals surface area (Å²) >= 11 is 0. The topological polar surface area (TPSA) is 21.3 Å². The van der Waals surface area contributed by atoms with E-state index < -0.39 is 0 Å². The minimum absolute atomic E-state index is 0.612. The molecule has 0 unspecified atom stereocenters. The highest BCUT2D eigenvalue weighted by Crippen LogP contribution is 2.21. The van der Waals surface area contributed by atoms with Gasteiger partial charge in [0.1, 0.15) is 12.4 Å². The molecular weight excluding hydrogens is 222 g/mol. The molecule has 0 atom stereocenters. The summed E-state index contributed by atoms with van der Waals surface area (Å²) in [5, 5.41) is 3.32. The van der Waals surface area contributed by atoms with Crippen LogP contribution in [0.4, 0.5) is 5.69 Å². The molecule has 1 N–H and O–H groups in total. The monoisotopic (exact) mass is 241 g/mol. The van der Waals surface area contributed by atoms with Gasteiger partial charge in [-0.1, -0.05) is 30.3 Å². The van der Waals surface area contributed by atoms with Crippen molar-refractivity contribution in [2.75, 3.05) is 11.9 Å². The van der Waals surface area contributed by atoms with Gasteiger partial charge in [-0.2, -0.15) is 0 Å². The minimum Gasteiger partial charge on any atom is -0.489 e. The van der Waals surface area contributed by atoms with Crippen LogP contribution >= 0.6 is 0 Å². The normalized spacial score (nSPS) is 10.1. The highest BCUT2D eigenvalue weighted by Gasteiger charge is 2.00. The Labute approximate surface area is 109 Å². The zero-order valence-electron chi connectivity index (χ0n) is 10.9. The molecule has 94 valence electrons. The first-order valence-corrected chi connectivity index (χ1v) is 6.31. The molecule has 0 aliphatic rings. The van der Waals surface area contributed by atoms with Gasteiger partial charge in [-0.3, -0.25) is 0 Å². The van der Waals surface area contributed by atoms with Crippen LogP contribution in [0.25, 0.3) is 0 Å². The molecule has 0 bridgehead atoms. The number of hydrogen-bond acceptors (Lipinski definition) is 2. The molecule has 0 heterocycles. The van der Waals surface area contributed by atoms with Crippen molar-refractivity contribution < 1.29 is 4.74 Å². The molecule has 0 aliphatic heterocycles. The Morgan fingerprint density at radius 2 is 1.83 bits per heavy atom. The molecule has 2 heteroatoms. The van der Waals surface area contributed by atoms with Gasteiger partial charge >= 0.3 is 0 Å². The lowest BCUT2D eigenvalue weighted by Gasteiger charge is -2.11. The van der Waals surface area contributed by atoms with E-state index >= 15 is 0 Å². The molecule has 0 fully saturated rings. The fraction of sp³-hybridized carbons (Fsp3) is 0.250. The standard InChI is InChI=1S/C16H19NO/c1-3-17-16-10-9-15(11-13(16)2)18-12-14-7-5-4-6-8-14/h4-11,17H,3,12H2,1-2H3. The van der Waals surface area contributed by atoms with E-state index in [1.54, 1.807) is 0 Å². The Bertz CT molecular complexity index is 494. The molecule has 2 aromatic carbocycles. The molecule has 0 spiro atoms. The summed E-state index contributed by atoms with van der Waals surface area (Å²) in [4.78, 5) is 0. The number of ether oxygens (including phenoxy) is 1. The van der Waals surface area contributed by atoms with Crippen molar-refractivity contribution in [3.8, 4) is 5.75 Å². The summed E-state index contributed by atoms with van der Waals surface area (Å²) in [7, 11) is 0. The number of aryl methyl sites for hydroxylation is 1. The third kappa shape index (κ3) is 3.27. The van der Waals surface area contributed by atoms with E-state index in [0.29, 0.717) is 6.61 Å². The molecule has 0 aliphatic carbocycles. The zero-order chi connectivity index (χ0) is 12.8. The maximum atomic E-state index is 5.78.